The minimum Gasteiger partial charge on any atom is -0.497 e. The van der Waals surface area contributed by atoms with Gasteiger partial charge in [-0.25, -0.2) is 4.39 Å². The van der Waals surface area contributed by atoms with Gasteiger partial charge in [0.25, 0.3) is 0 Å². The zero-order valence-electron chi connectivity index (χ0n) is 22.6. The first-order chi connectivity index (χ1) is 18.2. The number of hydrogen-bond donors (Lipinski definition) is 1. The number of aliphatic carboxylic acids is 1. The molecule has 4 heteroatoms. The van der Waals surface area contributed by atoms with Crippen LogP contribution in [-0.2, 0) is 24.1 Å². The Morgan fingerprint density at radius 1 is 1.00 bits per heavy atom. The molecule has 0 bridgehead atoms. The molecule has 5 rings (SSSR count). The highest BCUT2D eigenvalue weighted by molar-refractivity contribution is 5.84. The Kier molecular flexibility index (Phi) is 7.43. The van der Waals surface area contributed by atoms with Crippen molar-refractivity contribution in [2.75, 3.05) is 7.11 Å². The van der Waals surface area contributed by atoms with Gasteiger partial charge in [-0.1, -0.05) is 56.3 Å². The SMILES string of the molecule is COc1ccc(F)c(-c2ccc(CCc3ccc4c(c3)[C@@H](CC(=O)O)CC4)cc2C2=CCCCC2(C)C)c1. The van der Waals surface area contributed by atoms with Crippen molar-refractivity contribution in [3.05, 3.63) is 94.3 Å². The van der Waals surface area contributed by atoms with Gasteiger partial charge in [-0.15, -0.1) is 0 Å². The quantitative estimate of drug-likeness (QED) is 0.330. The monoisotopic (exact) mass is 512 g/mol. The molecule has 0 radical (unpaired) electrons. The lowest BCUT2D eigenvalue weighted by Gasteiger charge is -2.33. The molecular formula is C34H37FO3. The summed E-state index contributed by atoms with van der Waals surface area (Å²) in [5.41, 5.74) is 8.84. The number of allylic oxidation sites excluding steroid dienone is 2. The predicted octanol–water partition coefficient (Wildman–Crippen LogP) is 8.38. The fourth-order valence-electron chi connectivity index (χ4n) is 6.32. The second-order valence-corrected chi connectivity index (χ2v) is 11.5. The number of hydrogen-bond acceptors (Lipinski definition) is 2. The number of carbonyl (C=O) groups is 1. The Bertz CT molecular complexity index is 1380. The van der Waals surface area contributed by atoms with Crippen molar-refractivity contribution < 1.29 is 19.0 Å². The molecule has 2 aliphatic rings. The maximum Gasteiger partial charge on any atom is 0.303 e. The zero-order chi connectivity index (χ0) is 26.9. The Balaban J connectivity index is 1.47. The highest BCUT2D eigenvalue weighted by Crippen LogP contribution is 2.46. The van der Waals surface area contributed by atoms with E-state index in [-0.39, 0.29) is 23.6 Å². The van der Waals surface area contributed by atoms with Crippen molar-refractivity contribution in [1.82, 2.24) is 0 Å². The first-order valence-corrected chi connectivity index (χ1v) is 13.8. The largest absolute Gasteiger partial charge is 0.497 e. The summed E-state index contributed by atoms with van der Waals surface area (Å²) in [6, 6.07) is 18.0. The minimum atomic E-state index is -0.728. The molecule has 38 heavy (non-hydrogen) atoms. The lowest BCUT2D eigenvalue weighted by Crippen LogP contribution is -2.18. The maximum atomic E-state index is 15.1. The topological polar surface area (TPSA) is 46.5 Å². The standard InChI is InChI=1S/C34H37FO3/c1-34(2)17-5-4-6-31(34)29-19-23(10-15-27(29)30-21-26(38-3)14-16-32(30)35)8-7-22-9-11-24-12-13-25(20-33(36)37)28(24)18-22/h6,9-11,14-16,18-19,21,25H,4-5,7-8,12-13,17,20H2,1-3H3,(H,36,37)/t25-/m1/s1. The smallest absolute Gasteiger partial charge is 0.303 e. The van der Waals surface area contributed by atoms with Crippen molar-refractivity contribution in [2.24, 2.45) is 5.41 Å². The van der Waals surface area contributed by atoms with E-state index in [0.717, 1.165) is 49.7 Å². The number of benzene rings is 3. The molecule has 3 nitrogen and oxygen atoms in total. The van der Waals surface area contributed by atoms with Crippen LogP contribution in [0.1, 0.15) is 79.7 Å². The predicted molar refractivity (Wildman–Crippen MR) is 151 cm³/mol. The highest BCUT2D eigenvalue weighted by Gasteiger charge is 2.29. The number of halogens is 1. The second kappa shape index (κ2) is 10.8. The van der Waals surface area contributed by atoms with Crippen LogP contribution in [-0.4, -0.2) is 18.2 Å². The Labute approximate surface area is 225 Å². The summed E-state index contributed by atoms with van der Waals surface area (Å²) in [4.78, 5) is 11.3. The molecule has 3 aromatic carbocycles. The second-order valence-electron chi connectivity index (χ2n) is 11.5. The fourth-order valence-corrected chi connectivity index (χ4v) is 6.32. The fraction of sp³-hybridized carbons (Fsp3) is 0.382. The number of methoxy groups -OCH3 is 1. The summed E-state index contributed by atoms with van der Waals surface area (Å²) in [6.45, 7) is 4.57. The van der Waals surface area contributed by atoms with Gasteiger partial charge in [-0.3, -0.25) is 4.79 Å². The van der Waals surface area contributed by atoms with Crippen LogP contribution in [0.2, 0.25) is 0 Å². The van der Waals surface area contributed by atoms with Crippen molar-refractivity contribution in [3.63, 3.8) is 0 Å². The third kappa shape index (κ3) is 5.41. The number of rotatable bonds is 8. The molecule has 2 aliphatic carbocycles. The molecule has 0 amide bonds. The van der Waals surface area contributed by atoms with Gasteiger partial charge in [-0.05, 0) is 113 Å². The van der Waals surface area contributed by atoms with Gasteiger partial charge in [0, 0.05) is 5.56 Å². The Morgan fingerprint density at radius 3 is 2.50 bits per heavy atom. The van der Waals surface area contributed by atoms with Crippen molar-refractivity contribution in [1.29, 1.82) is 0 Å². The number of carboxylic acids is 1. The van der Waals surface area contributed by atoms with Gasteiger partial charge in [0.05, 0.1) is 13.5 Å². The Morgan fingerprint density at radius 2 is 1.76 bits per heavy atom. The van der Waals surface area contributed by atoms with Crippen LogP contribution >= 0.6 is 0 Å². The summed E-state index contributed by atoms with van der Waals surface area (Å²) in [7, 11) is 1.61. The summed E-state index contributed by atoms with van der Waals surface area (Å²) in [5.74, 6) is -0.214. The summed E-state index contributed by atoms with van der Waals surface area (Å²) in [6.07, 6.45) is 9.48. The van der Waals surface area contributed by atoms with Crippen LogP contribution in [0.3, 0.4) is 0 Å². The average Bonchev–Trinajstić information content (AvgIpc) is 3.29. The van der Waals surface area contributed by atoms with Crippen LogP contribution < -0.4 is 4.74 Å². The van der Waals surface area contributed by atoms with Crippen LogP contribution in [0.5, 0.6) is 5.75 Å². The van der Waals surface area contributed by atoms with E-state index in [1.54, 1.807) is 19.2 Å². The first-order valence-electron chi connectivity index (χ1n) is 13.8. The van der Waals surface area contributed by atoms with E-state index in [4.69, 9.17) is 4.74 Å². The van der Waals surface area contributed by atoms with Crippen LogP contribution in [0.25, 0.3) is 16.7 Å². The van der Waals surface area contributed by atoms with Crippen LogP contribution in [0.15, 0.2) is 60.7 Å². The highest BCUT2D eigenvalue weighted by atomic mass is 19.1. The van der Waals surface area contributed by atoms with E-state index < -0.39 is 5.97 Å². The normalized spacial score (nSPS) is 18.1. The molecule has 3 aromatic rings. The van der Waals surface area contributed by atoms with Gasteiger partial charge in [0.2, 0.25) is 0 Å². The lowest BCUT2D eigenvalue weighted by atomic mass is 9.71. The average molecular weight is 513 g/mol. The molecule has 0 aromatic heterocycles. The number of ether oxygens (including phenoxy) is 1. The lowest BCUT2D eigenvalue weighted by molar-refractivity contribution is -0.137. The van der Waals surface area contributed by atoms with Gasteiger partial charge in [0.15, 0.2) is 0 Å². The number of fused-ring (bicyclic) bond motifs is 1. The van der Waals surface area contributed by atoms with E-state index >= 15 is 4.39 Å². The third-order valence-corrected chi connectivity index (χ3v) is 8.46. The molecule has 0 unspecified atom stereocenters. The summed E-state index contributed by atoms with van der Waals surface area (Å²) < 4.78 is 20.5. The maximum absolute atomic E-state index is 15.1. The number of carboxylic acid groups (broad SMARTS) is 1. The molecule has 0 aliphatic heterocycles. The van der Waals surface area contributed by atoms with E-state index in [1.165, 1.54) is 40.3 Å². The van der Waals surface area contributed by atoms with Gasteiger partial charge >= 0.3 is 5.97 Å². The third-order valence-electron chi connectivity index (χ3n) is 8.46. The summed E-state index contributed by atoms with van der Waals surface area (Å²) >= 11 is 0. The first kappa shape index (κ1) is 26.2. The molecule has 0 saturated carbocycles. The molecule has 198 valence electrons. The van der Waals surface area contributed by atoms with E-state index in [2.05, 4.69) is 56.3 Å². The molecule has 0 saturated heterocycles. The van der Waals surface area contributed by atoms with Crippen LogP contribution in [0.4, 0.5) is 4.39 Å². The van der Waals surface area contributed by atoms with Gasteiger partial charge in [0.1, 0.15) is 11.6 Å². The molecule has 0 spiro atoms. The van der Waals surface area contributed by atoms with E-state index in [9.17, 15) is 9.90 Å². The number of aryl methyl sites for hydroxylation is 3. The van der Waals surface area contributed by atoms with Gasteiger partial charge in [-0.2, -0.15) is 0 Å². The minimum absolute atomic E-state index is 0.0140. The molecule has 0 heterocycles. The van der Waals surface area contributed by atoms with Crippen molar-refractivity contribution in [3.8, 4) is 16.9 Å². The Hall–Kier alpha value is -3.40. The van der Waals surface area contributed by atoms with E-state index in [1.807, 2.05) is 0 Å². The van der Waals surface area contributed by atoms with Crippen molar-refractivity contribution >= 4 is 11.5 Å². The zero-order valence-corrected chi connectivity index (χ0v) is 22.6. The molecular weight excluding hydrogens is 475 g/mol. The van der Waals surface area contributed by atoms with Crippen LogP contribution in [0, 0.1) is 11.2 Å². The molecule has 1 N–H and O–H groups in total. The van der Waals surface area contributed by atoms with Crippen molar-refractivity contribution in [2.45, 2.75) is 71.1 Å². The molecule has 1 atom stereocenters. The molecule has 0 fully saturated rings. The summed E-state index contributed by atoms with van der Waals surface area (Å²) in [5, 5.41) is 9.31. The van der Waals surface area contributed by atoms with Gasteiger partial charge < -0.3 is 9.84 Å². The van der Waals surface area contributed by atoms with E-state index in [0.29, 0.717) is 11.3 Å².